The van der Waals surface area contributed by atoms with Crippen LogP contribution in [0.5, 0.6) is 11.5 Å². The molecule has 0 saturated carbocycles. The molecule has 2 aromatic heterocycles. The standard InChI is InChI=1S/C10H8O6S2/c1-15-8(13)6-4(11)3-5(12)7(9(14)16-2)18-10(3)17-6/h11-12H,1-2H3. The minimum absolute atomic E-state index is 0.00883. The third-order valence-electron chi connectivity index (χ3n) is 2.24. The van der Waals surface area contributed by atoms with E-state index in [1.165, 1.54) is 14.2 Å². The minimum Gasteiger partial charge on any atom is -0.505 e. The summed E-state index contributed by atoms with van der Waals surface area (Å²) in [6.45, 7) is 0. The van der Waals surface area contributed by atoms with E-state index in [-0.39, 0.29) is 26.6 Å². The molecule has 0 saturated heterocycles. The van der Waals surface area contributed by atoms with Crippen molar-refractivity contribution in [1.82, 2.24) is 0 Å². The van der Waals surface area contributed by atoms with E-state index in [1.54, 1.807) is 0 Å². The van der Waals surface area contributed by atoms with Crippen molar-refractivity contribution in [3.05, 3.63) is 9.75 Å². The highest BCUT2D eigenvalue weighted by Gasteiger charge is 2.27. The lowest BCUT2D eigenvalue weighted by atomic mass is 10.3. The van der Waals surface area contributed by atoms with E-state index in [0.717, 1.165) is 22.7 Å². The number of carbonyl (C=O) groups excluding carboxylic acids is 2. The highest BCUT2D eigenvalue weighted by atomic mass is 32.2. The first kappa shape index (κ1) is 12.7. The van der Waals surface area contributed by atoms with Gasteiger partial charge in [-0.15, -0.1) is 22.7 Å². The normalized spacial score (nSPS) is 10.6. The van der Waals surface area contributed by atoms with Gasteiger partial charge in [0.05, 0.1) is 23.6 Å². The fraction of sp³-hybridized carbons (Fsp3) is 0.200. The lowest BCUT2D eigenvalue weighted by Gasteiger charge is -1.97. The van der Waals surface area contributed by atoms with Crippen molar-refractivity contribution < 1.29 is 29.3 Å². The maximum atomic E-state index is 11.3. The third-order valence-corrected chi connectivity index (χ3v) is 4.65. The number of aromatic hydroxyl groups is 2. The highest BCUT2D eigenvalue weighted by molar-refractivity contribution is 7.40. The van der Waals surface area contributed by atoms with Crippen LogP contribution >= 0.6 is 22.7 Å². The molecule has 2 N–H and O–H groups in total. The summed E-state index contributed by atoms with van der Waals surface area (Å²) >= 11 is 1.89. The van der Waals surface area contributed by atoms with Gasteiger partial charge in [-0.05, 0) is 0 Å². The van der Waals surface area contributed by atoms with Crippen LogP contribution in [0, 0.1) is 0 Å². The second kappa shape index (κ2) is 4.46. The zero-order valence-electron chi connectivity index (χ0n) is 9.34. The molecule has 18 heavy (non-hydrogen) atoms. The lowest BCUT2D eigenvalue weighted by molar-refractivity contribution is 0.0595. The predicted molar refractivity (Wildman–Crippen MR) is 65.7 cm³/mol. The molecule has 0 radical (unpaired) electrons. The number of rotatable bonds is 2. The Balaban J connectivity index is 2.65. The van der Waals surface area contributed by atoms with Gasteiger partial charge in [-0.1, -0.05) is 0 Å². The molecule has 2 heterocycles. The van der Waals surface area contributed by atoms with Crippen molar-refractivity contribution in [2.75, 3.05) is 14.2 Å². The van der Waals surface area contributed by atoms with Gasteiger partial charge in [0.1, 0.15) is 0 Å². The average Bonchev–Trinajstić information content (AvgIpc) is 2.86. The van der Waals surface area contributed by atoms with Crippen LogP contribution in [0.1, 0.15) is 19.3 Å². The van der Waals surface area contributed by atoms with E-state index in [4.69, 9.17) is 0 Å². The molecule has 0 atom stereocenters. The van der Waals surface area contributed by atoms with Gasteiger partial charge >= 0.3 is 11.9 Å². The first-order chi connectivity index (χ1) is 8.51. The number of hydrogen-bond acceptors (Lipinski definition) is 8. The molecular formula is C10H8O6S2. The molecule has 2 aromatic rings. The first-order valence-electron chi connectivity index (χ1n) is 4.65. The maximum Gasteiger partial charge on any atom is 0.351 e. The van der Waals surface area contributed by atoms with Crippen molar-refractivity contribution in [3.63, 3.8) is 0 Å². The van der Waals surface area contributed by atoms with Crippen LogP contribution in [0.2, 0.25) is 0 Å². The summed E-state index contributed by atoms with van der Waals surface area (Å²) in [6, 6.07) is 0. The number of thiophene rings is 2. The summed E-state index contributed by atoms with van der Waals surface area (Å²) < 4.78 is 9.45. The summed E-state index contributed by atoms with van der Waals surface area (Å²) in [4.78, 5) is 22.7. The van der Waals surface area contributed by atoms with Crippen LogP contribution in [-0.4, -0.2) is 36.4 Å². The summed E-state index contributed by atoms with van der Waals surface area (Å²) in [7, 11) is 2.38. The van der Waals surface area contributed by atoms with Crippen LogP contribution in [0.15, 0.2) is 0 Å². The summed E-state index contributed by atoms with van der Waals surface area (Å²) in [5.74, 6) is -2.16. The van der Waals surface area contributed by atoms with E-state index < -0.39 is 11.9 Å². The van der Waals surface area contributed by atoms with Crippen LogP contribution in [0.3, 0.4) is 0 Å². The predicted octanol–water partition coefficient (Wildman–Crippen LogP) is 1.95. The van der Waals surface area contributed by atoms with Gasteiger partial charge in [0.25, 0.3) is 0 Å². The van der Waals surface area contributed by atoms with E-state index >= 15 is 0 Å². The maximum absolute atomic E-state index is 11.3. The molecule has 0 spiro atoms. The van der Waals surface area contributed by atoms with Crippen molar-refractivity contribution in [2.24, 2.45) is 0 Å². The SMILES string of the molecule is COC(=O)c1sc2sc(C(=O)OC)c(O)c2c1O. The molecule has 0 fully saturated rings. The number of ether oxygens (including phenoxy) is 2. The molecule has 2 rings (SSSR count). The Hall–Kier alpha value is -1.80. The number of fused-ring (bicyclic) bond motifs is 1. The fourth-order valence-electron chi connectivity index (χ4n) is 1.40. The van der Waals surface area contributed by atoms with Crippen molar-refractivity contribution >= 4 is 44.0 Å². The Labute approximate surface area is 109 Å². The Kier molecular flexibility index (Phi) is 3.14. The second-order valence-corrected chi connectivity index (χ2v) is 5.50. The van der Waals surface area contributed by atoms with E-state index in [0.29, 0.717) is 4.01 Å². The van der Waals surface area contributed by atoms with Crippen molar-refractivity contribution in [2.45, 2.75) is 0 Å². The van der Waals surface area contributed by atoms with Gasteiger partial charge in [0, 0.05) is 0 Å². The third kappa shape index (κ3) is 1.70. The van der Waals surface area contributed by atoms with Crippen molar-refractivity contribution in [1.29, 1.82) is 0 Å². The quantitative estimate of drug-likeness (QED) is 0.820. The molecule has 0 aliphatic rings. The molecule has 8 heteroatoms. The van der Waals surface area contributed by atoms with Crippen molar-refractivity contribution in [3.8, 4) is 11.5 Å². The topological polar surface area (TPSA) is 93.1 Å². The van der Waals surface area contributed by atoms with E-state index in [2.05, 4.69) is 9.47 Å². The molecule has 0 bridgehead atoms. The van der Waals surface area contributed by atoms with Crippen LogP contribution in [-0.2, 0) is 9.47 Å². The summed E-state index contributed by atoms with van der Waals surface area (Å²) in [6.07, 6.45) is 0. The first-order valence-corrected chi connectivity index (χ1v) is 6.28. The van der Waals surface area contributed by atoms with Gasteiger partial charge in [-0.2, -0.15) is 0 Å². The Morgan fingerprint density at radius 2 is 1.33 bits per heavy atom. The molecule has 96 valence electrons. The van der Waals surface area contributed by atoms with Gasteiger partial charge in [0.15, 0.2) is 21.3 Å². The fourth-order valence-corrected chi connectivity index (χ4v) is 3.76. The van der Waals surface area contributed by atoms with Crippen LogP contribution in [0.25, 0.3) is 9.40 Å². The second-order valence-electron chi connectivity index (χ2n) is 3.21. The summed E-state index contributed by atoms with van der Waals surface area (Å²) in [5.41, 5.74) is 0. The molecule has 0 aromatic carbocycles. The van der Waals surface area contributed by atoms with Crippen LogP contribution in [0.4, 0.5) is 0 Å². The van der Waals surface area contributed by atoms with E-state index in [1.807, 2.05) is 0 Å². The molecule has 0 aliphatic heterocycles. The zero-order chi connectivity index (χ0) is 13.4. The molecule has 6 nitrogen and oxygen atoms in total. The summed E-state index contributed by atoms with van der Waals surface area (Å²) in [5, 5.41) is 19.8. The lowest BCUT2D eigenvalue weighted by Crippen LogP contribution is -1.98. The zero-order valence-corrected chi connectivity index (χ0v) is 11.0. The number of carbonyl (C=O) groups is 2. The average molecular weight is 288 g/mol. The number of methoxy groups -OCH3 is 2. The Bertz CT molecular complexity index is 587. The van der Waals surface area contributed by atoms with Gasteiger partial charge < -0.3 is 19.7 Å². The highest BCUT2D eigenvalue weighted by Crippen LogP contribution is 2.48. The molecule has 0 unspecified atom stereocenters. The van der Waals surface area contributed by atoms with Gasteiger partial charge in [-0.25, -0.2) is 9.59 Å². The molecule has 0 amide bonds. The van der Waals surface area contributed by atoms with Crippen LogP contribution < -0.4 is 0 Å². The largest absolute Gasteiger partial charge is 0.505 e. The smallest absolute Gasteiger partial charge is 0.351 e. The Morgan fingerprint density at radius 1 is 0.944 bits per heavy atom. The van der Waals surface area contributed by atoms with Gasteiger partial charge in [0.2, 0.25) is 0 Å². The number of esters is 2. The van der Waals surface area contributed by atoms with Gasteiger partial charge in [-0.3, -0.25) is 0 Å². The monoisotopic (exact) mass is 288 g/mol. The van der Waals surface area contributed by atoms with E-state index in [9.17, 15) is 19.8 Å². The Morgan fingerprint density at radius 3 is 1.61 bits per heavy atom. The minimum atomic E-state index is -0.695. The number of hydrogen-bond donors (Lipinski definition) is 2. The molecule has 0 aliphatic carbocycles. The molecular weight excluding hydrogens is 280 g/mol.